The number of methoxy groups -OCH3 is 1. The maximum atomic E-state index is 13.3. The first-order valence-corrected chi connectivity index (χ1v) is 10.7. The fourth-order valence-electron chi connectivity index (χ4n) is 3.06. The van der Waals surface area contributed by atoms with E-state index in [0.717, 1.165) is 12.1 Å². The predicted molar refractivity (Wildman–Crippen MR) is 106 cm³/mol. The Balaban J connectivity index is 1.72. The van der Waals surface area contributed by atoms with Crippen molar-refractivity contribution in [3.8, 4) is 5.75 Å². The Bertz CT molecular complexity index is 1020. The van der Waals surface area contributed by atoms with E-state index < -0.39 is 21.7 Å². The first-order valence-electron chi connectivity index (χ1n) is 9.31. The SMILES string of the molecule is COc1ccc(NC(=O)CCc2ccc(F)c(F)c2)cc1S(=O)(=O)N1CCOCC1. The summed E-state index contributed by atoms with van der Waals surface area (Å²) in [5, 5.41) is 2.63. The van der Waals surface area contributed by atoms with Crippen molar-refractivity contribution in [3.05, 3.63) is 53.6 Å². The van der Waals surface area contributed by atoms with Gasteiger partial charge in [0.05, 0.1) is 20.3 Å². The second-order valence-corrected chi connectivity index (χ2v) is 8.59. The minimum absolute atomic E-state index is 0.0165. The standard InChI is InChI=1S/C20H22F2N2O5S/c1-28-18-6-4-15(13-19(18)30(26,27)24-8-10-29-11-9-24)23-20(25)7-3-14-2-5-16(21)17(22)12-14/h2,4-6,12-13H,3,7-11H2,1H3,(H,23,25). The quantitative estimate of drug-likeness (QED) is 0.715. The number of anilines is 1. The fraction of sp³-hybridized carbons (Fsp3) is 0.350. The highest BCUT2D eigenvalue weighted by Gasteiger charge is 2.29. The van der Waals surface area contributed by atoms with Crippen molar-refractivity contribution in [1.29, 1.82) is 0 Å². The smallest absolute Gasteiger partial charge is 0.246 e. The van der Waals surface area contributed by atoms with Gasteiger partial charge in [-0.2, -0.15) is 4.31 Å². The lowest BCUT2D eigenvalue weighted by Crippen LogP contribution is -2.40. The van der Waals surface area contributed by atoms with Crippen LogP contribution in [0.3, 0.4) is 0 Å². The molecule has 10 heteroatoms. The number of carbonyl (C=O) groups is 1. The van der Waals surface area contributed by atoms with Crippen LogP contribution in [-0.4, -0.2) is 52.0 Å². The zero-order valence-electron chi connectivity index (χ0n) is 16.4. The number of morpholine rings is 1. The summed E-state index contributed by atoms with van der Waals surface area (Å²) >= 11 is 0. The third kappa shape index (κ3) is 5.13. The number of nitrogens with one attached hydrogen (secondary N) is 1. The van der Waals surface area contributed by atoms with E-state index in [9.17, 15) is 22.0 Å². The van der Waals surface area contributed by atoms with E-state index in [-0.39, 0.29) is 48.2 Å². The third-order valence-corrected chi connectivity index (χ3v) is 6.58. The lowest BCUT2D eigenvalue weighted by molar-refractivity contribution is -0.116. The molecule has 0 bridgehead atoms. The normalized spacial score (nSPS) is 15.0. The van der Waals surface area contributed by atoms with Crippen molar-refractivity contribution in [2.75, 3.05) is 38.7 Å². The number of rotatable bonds is 7. The highest BCUT2D eigenvalue weighted by atomic mass is 32.2. The predicted octanol–water partition coefficient (Wildman–Crippen LogP) is 2.57. The monoisotopic (exact) mass is 440 g/mol. The number of nitrogens with zero attached hydrogens (tertiary/aromatic N) is 1. The minimum atomic E-state index is -3.83. The molecule has 0 atom stereocenters. The van der Waals surface area contributed by atoms with Gasteiger partial charge < -0.3 is 14.8 Å². The molecule has 0 saturated carbocycles. The molecular weight excluding hydrogens is 418 g/mol. The first-order chi connectivity index (χ1) is 14.3. The second-order valence-electron chi connectivity index (χ2n) is 6.68. The number of aryl methyl sites for hydroxylation is 1. The van der Waals surface area contributed by atoms with Crippen LogP contribution < -0.4 is 10.1 Å². The van der Waals surface area contributed by atoms with Crippen LogP contribution in [0.5, 0.6) is 5.75 Å². The van der Waals surface area contributed by atoms with Crippen molar-refractivity contribution >= 4 is 21.6 Å². The molecule has 0 aromatic heterocycles. The molecule has 1 amide bonds. The molecule has 1 fully saturated rings. The molecule has 3 rings (SSSR count). The number of sulfonamides is 1. The summed E-state index contributed by atoms with van der Waals surface area (Å²) in [5.41, 5.74) is 0.771. The molecule has 162 valence electrons. The molecule has 1 heterocycles. The number of ether oxygens (including phenoxy) is 2. The van der Waals surface area contributed by atoms with Crippen LogP contribution in [0.15, 0.2) is 41.3 Å². The van der Waals surface area contributed by atoms with E-state index >= 15 is 0 Å². The summed E-state index contributed by atoms with van der Waals surface area (Å²) in [6.07, 6.45) is 0.223. The van der Waals surface area contributed by atoms with E-state index in [0.29, 0.717) is 18.8 Å². The molecule has 0 unspecified atom stereocenters. The summed E-state index contributed by atoms with van der Waals surface area (Å²) in [7, 11) is -2.46. The Hall–Kier alpha value is -2.56. The van der Waals surface area contributed by atoms with Gasteiger partial charge in [0.2, 0.25) is 15.9 Å². The Morgan fingerprint density at radius 3 is 2.53 bits per heavy atom. The Morgan fingerprint density at radius 1 is 1.13 bits per heavy atom. The number of benzene rings is 2. The van der Waals surface area contributed by atoms with Crippen LogP contribution in [0.25, 0.3) is 0 Å². The largest absolute Gasteiger partial charge is 0.495 e. The van der Waals surface area contributed by atoms with Crippen molar-refractivity contribution < 1.29 is 31.5 Å². The minimum Gasteiger partial charge on any atom is -0.495 e. The number of hydrogen-bond acceptors (Lipinski definition) is 5. The van der Waals surface area contributed by atoms with Gasteiger partial charge in [-0.3, -0.25) is 4.79 Å². The van der Waals surface area contributed by atoms with Crippen LogP contribution in [0, 0.1) is 11.6 Å². The van der Waals surface area contributed by atoms with E-state index in [1.807, 2.05) is 0 Å². The van der Waals surface area contributed by atoms with E-state index in [1.165, 1.54) is 35.7 Å². The molecule has 2 aromatic rings. The average molecular weight is 440 g/mol. The van der Waals surface area contributed by atoms with Crippen LogP contribution in [0.2, 0.25) is 0 Å². The molecule has 0 spiro atoms. The Morgan fingerprint density at radius 2 is 1.87 bits per heavy atom. The summed E-state index contributed by atoms with van der Waals surface area (Å²) in [4.78, 5) is 12.2. The number of hydrogen-bond donors (Lipinski definition) is 1. The molecule has 0 aliphatic carbocycles. The van der Waals surface area contributed by atoms with Gasteiger partial charge in [-0.25, -0.2) is 17.2 Å². The Kier molecular flexibility index (Phi) is 7.01. The topological polar surface area (TPSA) is 84.9 Å². The number of amides is 1. The van der Waals surface area contributed by atoms with Gasteiger partial charge in [-0.05, 0) is 42.3 Å². The van der Waals surface area contributed by atoms with Crippen LogP contribution >= 0.6 is 0 Å². The summed E-state index contributed by atoms with van der Waals surface area (Å²) in [6, 6.07) is 7.81. The summed E-state index contributed by atoms with van der Waals surface area (Å²) in [5.74, 6) is -2.14. The van der Waals surface area contributed by atoms with Gasteiger partial charge in [0.15, 0.2) is 11.6 Å². The average Bonchev–Trinajstić information content (AvgIpc) is 2.75. The molecule has 1 aliphatic heterocycles. The van der Waals surface area contributed by atoms with Crippen LogP contribution in [-0.2, 0) is 26.0 Å². The van der Waals surface area contributed by atoms with Crippen molar-refractivity contribution in [2.45, 2.75) is 17.7 Å². The molecule has 1 aliphatic rings. The lowest BCUT2D eigenvalue weighted by Gasteiger charge is -2.26. The van der Waals surface area contributed by atoms with Gasteiger partial charge in [-0.15, -0.1) is 0 Å². The van der Waals surface area contributed by atoms with Crippen LogP contribution in [0.4, 0.5) is 14.5 Å². The van der Waals surface area contributed by atoms with Crippen LogP contribution in [0.1, 0.15) is 12.0 Å². The molecule has 2 aromatic carbocycles. The lowest BCUT2D eigenvalue weighted by atomic mass is 10.1. The highest BCUT2D eigenvalue weighted by Crippen LogP contribution is 2.30. The molecule has 1 N–H and O–H groups in total. The molecule has 30 heavy (non-hydrogen) atoms. The molecule has 0 radical (unpaired) electrons. The van der Waals surface area contributed by atoms with Gasteiger partial charge in [0.25, 0.3) is 0 Å². The zero-order chi connectivity index (χ0) is 21.7. The highest BCUT2D eigenvalue weighted by molar-refractivity contribution is 7.89. The van der Waals surface area contributed by atoms with Gasteiger partial charge in [-0.1, -0.05) is 6.07 Å². The first kappa shape index (κ1) is 22.1. The maximum absolute atomic E-state index is 13.3. The molecule has 7 nitrogen and oxygen atoms in total. The van der Waals surface area contributed by atoms with E-state index in [2.05, 4.69) is 5.32 Å². The van der Waals surface area contributed by atoms with Crippen molar-refractivity contribution in [3.63, 3.8) is 0 Å². The zero-order valence-corrected chi connectivity index (χ0v) is 17.2. The Labute approximate surface area is 173 Å². The summed E-state index contributed by atoms with van der Waals surface area (Å²) < 4.78 is 63.9. The van der Waals surface area contributed by atoms with E-state index in [4.69, 9.17) is 9.47 Å². The van der Waals surface area contributed by atoms with Gasteiger partial charge in [0.1, 0.15) is 10.6 Å². The van der Waals surface area contributed by atoms with Crippen molar-refractivity contribution in [2.24, 2.45) is 0 Å². The van der Waals surface area contributed by atoms with Gasteiger partial charge in [0, 0.05) is 25.2 Å². The van der Waals surface area contributed by atoms with E-state index in [1.54, 1.807) is 0 Å². The van der Waals surface area contributed by atoms with Gasteiger partial charge >= 0.3 is 0 Å². The third-order valence-electron chi connectivity index (χ3n) is 4.66. The van der Waals surface area contributed by atoms with Crippen molar-refractivity contribution in [1.82, 2.24) is 4.31 Å². The fourth-order valence-corrected chi connectivity index (χ4v) is 4.65. The number of carbonyl (C=O) groups excluding carboxylic acids is 1. The molecular formula is C20H22F2N2O5S. The summed E-state index contributed by atoms with van der Waals surface area (Å²) in [6.45, 7) is 1.08. The second kappa shape index (κ2) is 9.50. The molecule has 1 saturated heterocycles. The maximum Gasteiger partial charge on any atom is 0.246 e. The number of halogens is 2.